The van der Waals surface area contributed by atoms with E-state index >= 15 is 0 Å². The third-order valence-electron chi connectivity index (χ3n) is 4.38. The minimum Gasteiger partial charge on any atom is -0.341 e. The molecule has 2 atom stereocenters. The summed E-state index contributed by atoms with van der Waals surface area (Å²) in [6.45, 7) is 6.63. The molecule has 0 radical (unpaired) electrons. The maximum absolute atomic E-state index is 12.7. The number of nitrogens with one attached hydrogen (secondary N) is 1. The number of aryl methyl sites for hydroxylation is 1. The van der Waals surface area contributed by atoms with Gasteiger partial charge in [-0.1, -0.05) is 36.8 Å². The fourth-order valence-electron chi connectivity index (χ4n) is 2.80. The fourth-order valence-corrected chi connectivity index (χ4v) is 2.80. The van der Waals surface area contributed by atoms with Crippen molar-refractivity contribution in [1.82, 2.24) is 10.4 Å². The SMILES string of the molecule is Cc1ccc(C2(C)CCN(CC(C)C(=O)NO)C2=O)cc1. The summed E-state index contributed by atoms with van der Waals surface area (Å²) in [5, 5.41) is 8.65. The van der Waals surface area contributed by atoms with E-state index in [1.807, 2.05) is 38.1 Å². The van der Waals surface area contributed by atoms with Gasteiger partial charge in [0.15, 0.2) is 0 Å². The van der Waals surface area contributed by atoms with Crippen LogP contribution in [0.2, 0.25) is 0 Å². The summed E-state index contributed by atoms with van der Waals surface area (Å²) in [5.74, 6) is -0.852. The van der Waals surface area contributed by atoms with Gasteiger partial charge in [-0.15, -0.1) is 0 Å². The third-order valence-corrected chi connectivity index (χ3v) is 4.38. The van der Waals surface area contributed by atoms with Crippen molar-refractivity contribution in [3.63, 3.8) is 0 Å². The number of amides is 2. The lowest BCUT2D eigenvalue weighted by atomic mass is 9.81. The van der Waals surface area contributed by atoms with Crippen LogP contribution in [0.1, 0.15) is 31.4 Å². The second-order valence-corrected chi connectivity index (χ2v) is 6.08. The first kappa shape index (κ1) is 15.5. The van der Waals surface area contributed by atoms with E-state index in [9.17, 15) is 9.59 Å². The first-order valence-corrected chi connectivity index (χ1v) is 7.19. The predicted octanol–water partition coefficient (Wildman–Crippen LogP) is 1.63. The molecular formula is C16H22N2O3. The van der Waals surface area contributed by atoms with E-state index in [0.717, 1.165) is 17.5 Å². The van der Waals surface area contributed by atoms with Gasteiger partial charge < -0.3 is 4.90 Å². The minimum absolute atomic E-state index is 0.0453. The predicted molar refractivity (Wildman–Crippen MR) is 78.8 cm³/mol. The highest BCUT2D eigenvalue weighted by Gasteiger charge is 2.44. The Morgan fingerprint density at radius 1 is 1.43 bits per heavy atom. The topological polar surface area (TPSA) is 69.6 Å². The molecule has 1 heterocycles. The summed E-state index contributed by atoms with van der Waals surface area (Å²) < 4.78 is 0. The average molecular weight is 290 g/mol. The Morgan fingerprint density at radius 2 is 2.05 bits per heavy atom. The van der Waals surface area contributed by atoms with Gasteiger partial charge >= 0.3 is 0 Å². The zero-order valence-corrected chi connectivity index (χ0v) is 12.7. The maximum Gasteiger partial charge on any atom is 0.247 e. The van der Waals surface area contributed by atoms with Crippen molar-refractivity contribution >= 4 is 11.8 Å². The molecule has 0 aromatic heterocycles. The van der Waals surface area contributed by atoms with E-state index in [-0.39, 0.29) is 5.91 Å². The molecule has 0 aliphatic carbocycles. The highest BCUT2D eigenvalue weighted by molar-refractivity contribution is 5.90. The van der Waals surface area contributed by atoms with Crippen LogP contribution in [0.4, 0.5) is 0 Å². The van der Waals surface area contributed by atoms with Crippen LogP contribution in [0.15, 0.2) is 24.3 Å². The molecule has 114 valence electrons. The lowest BCUT2D eigenvalue weighted by molar-refractivity contribution is -0.136. The van der Waals surface area contributed by atoms with E-state index in [4.69, 9.17) is 5.21 Å². The number of nitrogens with zero attached hydrogens (tertiary/aromatic N) is 1. The Bertz CT molecular complexity index is 541. The van der Waals surface area contributed by atoms with Crippen LogP contribution in [-0.2, 0) is 15.0 Å². The minimum atomic E-state index is -0.525. The molecule has 2 rings (SSSR count). The fraction of sp³-hybridized carbons (Fsp3) is 0.500. The van der Waals surface area contributed by atoms with Crippen molar-refractivity contribution in [1.29, 1.82) is 0 Å². The van der Waals surface area contributed by atoms with E-state index < -0.39 is 17.2 Å². The molecule has 0 spiro atoms. The number of hydroxylamine groups is 1. The van der Waals surface area contributed by atoms with E-state index in [0.29, 0.717) is 13.1 Å². The normalized spacial score (nSPS) is 23.2. The molecule has 0 saturated carbocycles. The van der Waals surface area contributed by atoms with Crippen molar-refractivity contribution in [3.8, 4) is 0 Å². The lowest BCUT2D eigenvalue weighted by Crippen LogP contribution is -2.41. The molecule has 1 fully saturated rings. The quantitative estimate of drug-likeness (QED) is 0.654. The molecule has 5 heteroatoms. The molecule has 1 aliphatic rings. The third kappa shape index (κ3) is 2.93. The number of rotatable bonds is 4. The van der Waals surface area contributed by atoms with Crippen LogP contribution in [-0.4, -0.2) is 35.0 Å². The average Bonchev–Trinajstić information content (AvgIpc) is 2.76. The number of carbonyl (C=O) groups is 2. The maximum atomic E-state index is 12.7. The molecule has 1 saturated heterocycles. The van der Waals surface area contributed by atoms with Crippen molar-refractivity contribution in [2.24, 2.45) is 5.92 Å². The van der Waals surface area contributed by atoms with Crippen LogP contribution in [0.5, 0.6) is 0 Å². The number of benzene rings is 1. The molecule has 21 heavy (non-hydrogen) atoms. The first-order valence-electron chi connectivity index (χ1n) is 7.19. The summed E-state index contributed by atoms with van der Waals surface area (Å²) >= 11 is 0. The van der Waals surface area contributed by atoms with Gasteiger partial charge in [-0.2, -0.15) is 0 Å². The number of likely N-dealkylation sites (tertiary alicyclic amines) is 1. The summed E-state index contributed by atoms with van der Waals surface area (Å²) in [6, 6.07) is 8.03. The van der Waals surface area contributed by atoms with Crippen molar-refractivity contribution < 1.29 is 14.8 Å². The van der Waals surface area contributed by atoms with Crippen molar-refractivity contribution in [2.45, 2.75) is 32.6 Å². The Balaban J connectivity index is 2.13. The van der Waals surface area contributed by atoms with Crippen LogP contribution < -0.4 is 5.48 Å². The summed E-state index contributed by atoms with van der Waals surface area (Å²) in [6.07, 6.45) is 0.738. The van der Waals surface area contributed by atoms with Crippen molar-refractivity contribution in [2.75, 3.05) is 13.1 Å². The van der Waals surface area contributed by atoms with Gasteiger partial charge in [0, 0.05) is 13.1 Å². The van der Waals surface area contributed by atoms with Crippen LogP contribution in [0, 0.1) is 12.8 Å². The Kier molecular flexibility index (Phi) is 4.32. The van der Waals surface area contributed by atoms with Gasteiger partial charge in [0.05, 0.1) is 11.3 Å². The van der Waals surface area contributed by atoms with Gasteiger partial charge in [-0.25, -0.2) is 5.48 Å². The molecule has 0 bridgehead atoms. The number of carbonyl (C=O) groups excluding carboxylic acids is 2. The smallest absolute Gasteiger partial charge is 0.247 e. The van der Waals surface area contributed by atoms with Gasteiger partial charge in [0.1, 0.15) is 0 Å². The molecule has 1 aromatic carbocycles. The first-order chi connectivity index (χ1) is 9.88. The van der Waals surface area contributed by atoms with Gasteiger partial charge in [-0.05, 0) is 25.8 Å². The molecule has 5 nitrogen and oxygen atoms in total. The molecular weight excluding hydrogens is 268 g/mol. The Morgan fingerprint density at radius 3 is 2.62 bits per heavy atom. The summed E-state index contributed by atoms with van der Waals surface area (Å²) in [4.78, 5) is 25.8. The molecule has 1 aliphatic heterocycles. The highest BCUT2D eigenvalue weighted by atomic mass is 16.5. The van der Waals surface area contributed by atoms with Gasteiger partial charge in [0.25, 0.3) is 0 Å². The van der Waals surface area contributed by atoms with Crippen LogP contribution in [0.25, 0.3) is 0 Å². The Labute approximate surface area is 124 Å². The monoisotopic (exact) mass is 290 g/mol. The summed E-state index contributed by atoms with van der Waals surface area (Å²) in [5.41, 5.74) is 3.29. The standard InChI is InChI=1S/C16H22N2O3/c1-11-4-6-13(7-5-11)16(3)8-9-18(15(16)20)10-12(2)14(19)17-21/h4-7,12,21H,8-10H2,1-3H3,(H,17,19). The Hall–Kier alpha value is -1.88. The second kappa shape index (κ2) is 5.85. The van der Waals surface area contributed by atoms with E-state index in [2.05, 4.69) is 0 Å². The van der Waals surface area contributed by atoms with Crippen molar-refractivity contribution in [3.05, 3.63) is 35.4 Å². The number of hydrogen-bond donors (Lipinski definition) is 2. The van der Waals surface area contributed by atoms with Crippen LogP contribution >= 0.6 is 0 Å². The van der Waals surface area contributed by atoms with Gasteiger partial charge in [0.2, 0.25) is 11.8 Å². The number of hydrogen-bond acceptors (Lipinski definition) is 3. The zero-order valence-electron chi connectivity index (χ0n) is 12.7. The molecule has 1 aromatic rings. The molecule has 2 N–H and O–H groups in total. The van der Waals surface area contributed by atoms with E-state index in [1.165, 1.54) is 0 Å². The second-order valence-electron chi connectivity index (χ2n) is 6.08. The van der Waals surface area contributed by atoms with Crippen LogP contribution in [0.3, 0.4) is 0 Å². The molecule has 2 amide bonds. The highest BCUT2D eigenvalue weighted by Crippen LogP contribution is 2.35. The largest absolute Gasteiger partial charge is 0.341 e. The zero-order chi connectivity index (χ0) is 15.6. The van der Waals surface area contributed by atoms with E-state index in [1.54, 1.807) is 17.3 Å². The lowest BCUT2D eigenvalue weighted by Gasteiger charge is -2.25. The van der Waals surface area contributed by atoms with Gasteiger partial charge in [-0.3, -0.25) is 14.8 Å². The molecule has 2 unspecified atom stereocenters. The summed E-state index contributed by atoms with van der Waals surface area (Å²) in [7, 11) is 0.